The van der Waals surface area contributed by atoms with Crippen molar-refractivity contribution in [3.63, 3.8) is 0 Å². The zero-order chi connectivity index (χ0) is 5.11. The lowest BCUT2D eigenvalue weighted by molar-refractivity contribution is -0.109. The van der Waals surface area contributed by atoms with Crippen LogP contribution < -0.4 is 11.0 Å². The summed E-state index contributed by atoms with van der Waals surface area (Å²) in [7, 11) is 0. The van der Waals surface area contributed by atoms with E-state index in [4.69, 9.17) is 0 Å². The van der Waals surface area contributed by atoms with Crippen LogP contribution in [0, 0.1) is 0 Å². The molecule has 0 saturated heterocycles. The van der Waals surface area contributed by atoms with E-state index in [1.165, 1.54) is 0 Å². The fourth-order valence-electron chi connectivity index (χ4n) is 0.276. The first kappa shape index (κ1) is 4.20. The second-order valence-corrected chi connectivity index (χ2v) is 1.05. The summed E-state index contributed by atoms with van der Waals surface area (Å²) in [5.74, 6) is 0. The summed E-state index contributed by atoms with van der Waals surface area (Å²) < 4.78 is 0. The summed E-state index contributed by atoms with van der Waals surface area (Å²) in [6, 6.07) is 0. The van der Waals surface area contributed by atoms with Gasteiger partial charge in [-0.25, -0.2) is 5.53 Å². The Morgan fingerprint density at radius 2 is 2.57 bits per heavy atom. The molecule has 2 N–H and O–H groups in total. The summed E-state index contributed by atoms with van der Waals surface area (Å²) in [5, 5.41) is 6.66. The first-order chi connectivity index (χ1) is 3.43. The molecule has 1 rings (SSSR count). The molecule has 1 unspecified atom stereocenters. The predicted octanol–water partition coefficient (Wildman–Crippen LogP) is -1.01. The molecule has 5 heteroatoms. The largest absolute Gasteiger partial charge is 0.299 e. The quantitative estimate of drug-likeness (QED) is 0.415. The molecule has 1 aliphatic heterocycles. The second-order valence-electron chi connectivity index (χ2n) is 1.05. The molecule has 0 bridgehead atoms. The van der Waals surface area contributed by atoms with Crippen molar-refractivity contribution in [3.8, 4) is 0 Å². The molecule has 1 heterocycles. The van der Waals surface area contributed by atoms with Crippen molar-refractivity contribution >= 4 is 6.29 Å². The molecule has 7 heavy (non-hydrogen) atoms. The molecule has 0 spiro atoms. The van der Waals surface area contributed by atoms with E-state index >= 15 is 0 Å². The van der Waals surface area contributed by atoms with Crippen molar-refractivity contribution in [1.82, 2.24) is 11.0 Å². The Labute approximate surface area is 39.7 Å². The van der Waals surface area contributed by atoms with Crippen LogP contribution in [0.4, 0.5) is 0 Å². The van der Waals surface area contributed by atoms with Crippen LogP contribution in [0.2, 0.25) is 0 Å². The number of aldehydes is 1. The van der Waals surface area contributed by atoms with Crippen LogP contribution in [0.25, 0.3) is 0 Å². The maximum Gasteiger partial charge on any atom is 0.196 e. The van der Waals surface area contributed by atoms with Gasteiger partial charge in [-0.1, -0.05) is 5.22 Å². The molecule has 0 amide bonds. The van der Waals surface area contributed by atoms with Gasteiger partial charge in [-0.05, 0) is 0 Å². The fourth-order valence-corrected chi connectivity index (χ4v) is 0.276. The highest BCUT2D eigenvalue weighted by atomic mass is 16.1. The Morgan fingerprint density at radius 3 is 2.86 bits per heavy atom. The number of nitrogens with zero attached hydrogens (tertiary/aromatic N) is 2. The first-order valence-corrected chi connectivity index (χ1v) is 1.79. The third-order valence-electron chi connectivity index (χ3n) is 0.573. The van der Waals surface area contributed by atoms with Crippen LogP contribution in [-0.2, 0) is 4.79 Å². The average Bonchev–Trinajstić information content (AvgIpc) is 2.14. The molecule has 0 radical (unpaired) electrons. The minimum atomic E-state index is -0.486. The third-order valence-corrected chi connectivity index (χ3v) is 0.573. The SMILES string of the molecule is O=CC1N=NNN1. The number of carbonyl (C=O) groups is 1. The maximum absolute atomic E-state index is 9.75. The Morgan fingerprint density at radius 1 is 1.71 bits per heavy atom. The minimum Gasteiger partial charge on any atom is -0.299 e. The van der Waals surface area contributed by atoms with E-state index in [-0.39, 0.29) is 0 Å². The molecular weight excluding hydrogens is 96.0 g/mol. The third kappa shape index (κ3) is 0.716. The van der Waals surface area contributed by atoms with Crippen molar-refractivity contribution in [3.05, 3.63) is 0 Å². The average molecular weight is 100 g/mol. The lowest BCUT2D eigenvalue weighted by Gasteiger charge is -1.89. The van der Waals surface area contributed by atoms with E-state index in [1.54, 1.807) is 0 Å². The first-order valence-electron chi connectivity index (χ1n) is 1.79. The lowest BCUT2D eigenvalue weighted by atomic mass is 10.6. The number of carbonyl (C=O) groups excluding carboxylic acids is 1. The van der Waals surface area contributed by atoms with E-state index in [0.29, 0.717) is 6.29 Å². The topological polar surface area (TPSA) is 65.8 Å². The van der Waals surface area contributed by atoms with Crippen LogP contribution in [0.1, 0.15) is 0 Å². The van der Waals surface area contributed by atoms with Gasteiger partial charge in [0.1, 0.15) is 0 Å². The van der Waals surface area contributed by atoms with Crippen LogP contribution >= 0.6 is 0 Å². The number of rotatable bonds is 1. The van der Waals surface area contributed by atoms with Crippen molar-refractivity contribution in [2.75, 3.05) is 0 Å². The number of hydrazine groups is 1. The van der Waals surface area contributed by atoms with Crippen LogP contribution in [-0.4, -0.2) is 12.5 Å². The summed E-state index contributed by atoms with van der Waals surface area (Å²) in [6.07, 6.45) is 0.170. The molecule has 1 atom stereocenters. The van der Waals surface area contributed by atoms with E-state index in [0.717, 1.165) is 0 Å². The van der Waals surface area contributed by atoms with Gasteiger partial charge in [-0.2, -0.15) is 5.43 Å². The van der Waals surface area contributed by atoms with Crippen LogP contribution in [0.15, 0.2) is 10.3 Å². The van der Waals surface area contributed by atoms with Gasteiger partial charge in [0.25, 0.3) is 0 Å². The predicted molar refractivity (Wildman–Crippen MR) is 21.0 cm³/mol. The fraction of sp³-hybridized carbons (Fsp3) is 0.500. The van der Waals surface area contributed by atoms with Crippen molar-refractivity contribution in [2.45, 2.75) is 6.17 Å². The molecule has 0 saturated carbocycles. The highest BCUT2D eigenvalue weighted by Gasteiger charge is 2.05. The van der Waals surface area contributed by atoms with Crippen molar-refractivity contribution in [1.29, 1.82) is 0 Å². The number of hydrogen-bond acceptors (Lipinski definition) is 5. The smallest absolute Gasteiger partial charge is 0.196 e. The van der Waals surface area contributed by atoms with Crippen molar-refractivity contribution in [2.24, 2.45) is 10.3 Å². The zero-order valence-corrected chi connectivity index (χ0v) is 3.46. The zero-order valence-electron chi connectivity index (χ0n) is 3.46. The van der Waals surface area contributed by atoms with Crippen LogP contribution in [0.3, 0.4) is 0 Å². The van der Waals surface area contributed by atoms with Gasteiger partial charge in [0.05, 0.1) is 0 Å². The molecule has 0 aliphatic carbocycles. The summed E-state index contributed by atoms with van der Waals surface area (Å²) in [5.41, 5.74) is 4.76. The van der Waals surface area contributed by atoms with Gasteiger partial charge in [0, 0.05) is 0 Å². The molecular formula is C2H4N4O. The molecule has 0 aromatic carbocycles. The van der Waals surface area contributed by atoms with E-state index in [1.807, 2.05) is 0 Å². The Balaban J connectivity index is 2.42. The molecule has 38 valence electrons. The summed E-state index contributed by atoms with van der Waals surface area (Å²) in [4.78, 5) is 9.75. The highest BCUT2D eigenvalue weighted by molar-refractivity contribution is 5.56. The molecule has 0 aromatic heterocycles. The molecule has 1 aliphatic rings. The summed E-state index contributed by atoms with van der Waals surface area (Å²) in [6.45, 7) is 0. The lowest BCUT2D eigenvalue weighted by Crippen LogP contribution is -2.30. The van der Waals surface area contributed by atoms with Gasteiger partial charge in [-0.3, -0.25) is 4.79 Å². The molecule has 0 fully saturated rings. The number of hydrogen-bond donors (Lipinski definition) is 2. The highest BCUT2D eigenvalue weighted by Crippen LogP contribution is 1.83. The van der Waals surface area contributed by atoms with Gasteiger partial charge in [0.2, 0.25) is 0 Å². The van der Waals surface area contributed by atoms with E-state index in [2.05, 4.69) is 21.3 Å². The standard InChI is InChI=1S/C2H4N4O/c7-1-2-3-5-6-4-2/h1-2H,(H,3,6)(H,4,5). The number of nitrogens with one attached hydrogen (secondary N) is 2. The van der Waals surface area contributed by atoms with Crippen LogP contribution in [0.5, 0.6) is 0 Å². The Kier molecular flexibility index (Phi) is 0.991. The second kappa shape index (κ2) is 1.65. The van der Waals surface area contributed by atoms with E-state index in [9.17, 15) is 4.79 Å². The monoisotopic (exact) mass is 100 g/mol. The van der Waals surface area contributed by atoms with Gasteiger partial charge < -0.3 is 0 Å². The Hall–Kier alpha value is -0.970. The van der Waals surface area contributed by atoms with E-state index < -0.39 is 6.17 Å². The molecule has 5 nitrogen and oxygen atoms in total. The van der Waals surface area contributed by atoms with Gasteiger partial charge >= 0.3 is 0 Å². The van der Waals surface area contributed by atoms with Gasteiger partial charge in [0.15, 0.2) is 12.5 Å². The normalized spacial score (nSPS) is 27.1. The van der Waals surface area contributed by atoms with Crippen molar-refractivity contribution < 1.29 is 4.79 Å². The molecule has 0 aromatic rings. The minimum absolute atomic E-state index is 0.486. The maximum atomic E-state index is 9.75. The van der Waals surface area contributed by atoms with Gasteiger partial charge in [-0.15, -0.1) is 5.11 Å². The summed E-state index contributed by atoms with van der Waals surface area (Å²) >= 11 is 0. The Bertz CT molecular complexity index is 99.9.